The lowest BCUT2D eigenvalue weighted by Crippen LogP contribution is -2.21. The smallest absolute Gasteiger partial charge is 0.343 e. The van der Waals surface area contributed by atoms with Gasteiger partial charge in [0.2, 0.25) is 0 Å². The highest BCUT2D eigenvalue weighted by Gasteiger charge is 2.23. The number of hydrogen-bond acceptors (Lipinski definition) is 3. The van der Waals surface area contributed by atoms with Crippen LogP contribution < -0.4 is 5.43 Å². The third kappa shape index (κ3) is 2.17. The van der Waals surface area contributed by atoms with E-state index in [4.69, 9.17) is 0 Å². The maximum Gasteiger partial charge on any atom is 0.343 e. The zero-order valence-electron chi connectivity index (χ0n) is 7.51. The average molecular weight is 221 g/mol. The van der Waals surface area contributed by atoms with E-state index < -0.39 is 35.0 Å². The number of rotatable bonds is 2. The van der Waals surface area contributed by atoms with Gasteiger partial charge in [-0.15, -0.1) is 0 Å². The minimum Gasteiger partial charge on any atom is -0.465 e. The van der Waals surface area contributed by atoms with E-state index in [2.05, 4.69) is 4.74 Å². The number of carbonyl (C=O) groups excluding carboxylic acids is 1. The van der Waals surface area contributed by atoms with E-state index in [1.165, 1.54) is 0 Å². The van der Waals surface area contributed by atoms with Crippen molar-refractivity contribution in [1.82, 2.24) is 4.98 Å². The lowest BCUT2D eigenvalue weighted by atomic mass is 10.2. The third-order valence-corrected chi connectivity index (χ3v) is 1.64. The molecule has 0 radical (unpaired) electrons. The summed E-state index contributed by atoms with van der Waals surface area (Å²) in [4.78, 5) is 23.7. The SMILES string of the molecule is COC(=O)c1c(C(F)F)[nH]c(F)cc1=O. The van der Waals surface area contributed by atoms with Crippen LogP contribution in [0.2, 0.25) is 0 Å². The zero-order valence-corrected chi connectivity index (χ0v) is 7.51. The molecule has 1 rings (SSSR count). The molecule has 1 aromatic heterocycles. The molecule has 0 saturated heterocycles. The number of hydrogen-bond donors (Lipinski definition) is 1. The third-order valence-electron chi connectivity index (χ3n) is 1.64. The number of aromatic nitrogens is 1. The summed E-state index contributed by atoms with van der Waals surface area (Å²) in [6.07, 6.45) is -3.16. The first-order valence-electron chi connectivity index (χ1n) is 3.76. The predicted octanol–water partition coefficient (Wildman–Crippen LogP) is 1.24. The van der Waals surface area contributed by atoms with Crippen LogP contribution in [0.1, 0.15) is 22.5 Å². The molecule has 0 aliphatic heterocycles. The molecule has 0 spiro atoms. The second-order valence-electron chi connectivity index (χ2n) is 2.56. The summed E-state index contributed by atoms with van der Waals surface area (Å²) in [6, 6.07) is 0.401. The second kappa shape index (κ2) is 4.16. The highest BCUT2D eigenvalue weighted by molar-refractivity contribution is 5.90. The van der Waals surface area contributed by atoms with Crippen LogP contribution in [-0.2, 0) is 4.74 Å². The minimum atomic E-state index is -3.16. The minimum absolute atomic E-state index is 0.401. The van der Waals surface area contributed by atoms with Crippen molar-refractivity contribution in [1.29, 1.82) is 0 Å². The van der Waals surface area contributed by atoms with Gasteiger partial charge < -0.3 is 9.72 Å². The first kappa shape index (κ1) is 11.3. The molecule has 0 atom stereocenters. The van der Waals surface area contributed by atoms with Gasteiger partial charge >= 0.3 is 5.97 Å². The molecule has 0 unspecified atom stereocenters. The number of esters is 1. The van der Waals surface area contributed by atoms with Gasteiger partial charge in [0, 0.05) is 6.07 Å². The lowest BCUT2D eigenvalue weighted by molar-refractivity contribution is 0.0585. The molecule has 0 bridgehead atoms. The number of H-pyrrole nitrogens is 1. The topological polar surface area (TPSA) is 59.2 Å². The Morgan fingerprint density at radius 1 is 1.53 bits per heavy atom. The number of aromatic amines is 1. The van der Waals surface area contributed by atoms with Crippen molar-refractivity contribution in [3.63, 3.8) is 0 Å². The van der Waals surface area contributed by atoms with Crippen LogP contribution >= 0.6 is 0 Å². The highest BCUT2D eigenvalue weighted by atomic mass is 19.3. The summed E-state index contributed by atoms with van der Waals surface area (Å²) in [5.41, 5.74) is -3.10. The molecular weight excluding hydrogens is 215 g/mol. The van der Waals surface area contributed by atoms with Gasteiger partial charge in [-0.05, 0) is 0 Å². The van der Waals surface area contributed by atoms with E-state index in [1.54, 1.807) is 4.98 Å². The van der Waals surface area contributed by atoms with E-state index in [0.29, 0.717) is 6.07 Å². The van der Waals surface area contributed by atoms with E-state index in [0.717, 1.165) is 7.11 Å². The van der Waals surface area contributed by atoms with Crippen LogP contribution in [0.3, 0.4) is 0 Å². The van der Waals surface area contributed by atoms with Crippen molar-refractivity contribution in [3.05, 3.63) is 33.5 Å². The molecule has 0 aliphatic carbocycles. The fourth-order valence-electron chi connectivity index (χ4n) is 1.02. The van der Waals surface area contributed by atoms with Crippen molar-refractivity contribution < 1.29 is 22.7 Å². The van der Waals surface area contributed by atoms with Gasteiger partial charge in [-0.3, -0.25) is 4.79 Å². The van der Waals surface area contributed by atoms with Gasteiger partial charge in [0.25, 0.3) is 6.43 Å². The molecule has 4 nitrogen and oxygen atoms in total. The molecule has 1 N–H and O–H groups in total. The largest absolute Gasteiger partial charge is 0.465 e. The monoisotopic (exact) mass is 221 g/mol. The number of halogens is 3. The van der Waals surface area contributed by atoms with Crippen LogP contribution in [0.25, 0.3) is 0 Å². The lowest BCUT2D eigenvalue weighted by Gasteiger charge is -2.05. The second-order valence-corrected chi connectivity index (χ2v) is 2.56. The van der Waals surface area contributed by atoms with Crippen LogP contribution in [0, 0.1) is 5.95 Å². The van der Waals surface area contributed by atoms with E-state index in [1.807, 2.05) is 0 Å². The first-order chi connectivity index (χ1) is 6.97. The Kier molecular flexibility index (Phi) is 3.13. The average Bonchev–Trinajstić information content (AvgIpc) is 2.15. The molecule has 0 aromatic carbocycles. The fourth-order valence-corrected chi connectivity index (χ4v) is 1.02. The van der Waals surface area contributed by atoms with Crippen molar-refractivity contribution in [2.24, 2.45) is 0 Å². The molecule has 7 heteroatoms. The summed E-state index contributed by atoms with van der Waals surface area (Å²) < 4.78 is 41.4. The van der Waals surface area contributed by atoms with E-state index in [9.17, 15) is 22.8 Å². The summed E-state index contributed by atoms with van der Waals surface area (Å²) >= 11 is 0. The highest BCUT2D eigenvalue weighted by Crippen LogP contribution is 2.19. The molecule has 0 amide bonds. The van der Waals surface area contributed by atoms with Crippen LogP contribution in [-0.4, -0.2) is 18.1 Å². The summed E-state index contributed by atoms with van der Waals surface area (Å²) in [5.74, 6) is -2.46. The van der Waals surface area contributed by atoms with Gasteiger partial charge in [0.1, 0.15) is 11.3 Å². The van der Waals surface area contributed by atoms with Gasteiger partial charge in [-0.2, -0.15) is 4.39 Å². The Hall–Kier alpha value is -1.79. The standard InChI is InChI=1S/C8H6F3NO3/c1-15-8(14)5-3(13)2-4(9)12-6(5)7(10)11/h2,7H,1H3,(H,12,13). The molecule has 1 aromatic rings. The quantitative estimate of drug-likeness (QED) is 0.603. The number of pyridine rings is 1. The van der Waals surface area contributed by atoms with Crippen LogP contribution in [0.4, 0.5) is 13.2 Å². The first-order valence-corrected chi connectivity index (χ1v) is 3.76. The normalized spacial score (nSPS) is 10.5. The maximum atomic E-state index is 12.6. The van der Waals surface area contributed by atoms with E-state index in [-0.39, 0.29) is 0 Å². The fraction of sp³-hybridized carbons (Fsp3) is 0.250. The Bertz CT molecular complexity index is 441. The Balaban J connectivity index is 3.47. The number of carbonyl (C=O) groups is 1. The van der Waals surface area contributed by atoms with Gasteiger partial charge in [-0.25, -0.2) is 13.6 Å². The van der Waals surface area contributed by atoms with Crippen LogP contribution in [0.5, 0.6) is 0 Å². The molecule has 0 aliphatic rings. The maximum absolute atomic E-state index is 12.6. The van der Waals surface area contributed by atoms with Crippen molar-refractivity contribution in [2.45, 2.75) is 6.43 Å². The van der Waals surface area contributed by atoms with Crippen molar-refractivity contribution in [3.8, 4) is 0 Å². The van der Waals surface area contributed by atoms with Crippen LogP contribution in [0.15, 0.2) is 10.9 Å². The van der Waals surface area contributed by atoms with Crippen molar-refractivity contribution >= 4 is 5.97 Å². The molecule has 0 saturated carbocycles. The molecular formula is C8H6F3NO3. The summed E-state index contributed by atoms with van der Waals surface area (Å²) in [5, 5.41) is 0. The van der Waals surface area contributed by atoms with Crippen molar-refractivity contribution in [2.75, 3.05) is 7.11 Å². The molecule has 0 fully saturated rings. The molecule has 15 heavy (non-hydrogen) atoms. The summed E-state index contributed by atoms with van der Waals surface area (Å²) in [7, 11) is 0.931. The predicted molar refractivity (Wildman–Crippen MR) is 43.3 cm³/mol. The van der Waals surface area contributed by atoms with Gasteiger partial charge in [0.05, 0.1) is 7.11 Å². The zero-order chi connectivity index (χ0) is 11.6. The Labute approximate surface area is 81.7 Å². The van der Waals surface area contributed by atoms with Gasteiger partial charge in [0.15, 0.2) is 11.4 Å². The Morgan fingerprint density at radius 3 is 2.60 bits per heavy atom. The molecule has 82 valence electrons. The number of nitrogens with one attached hydrogen (secondary N) is 1. The number of alkyl halides is 2. The molecule has 1 heterocycles. The van der Waals surface area contributed by atoms with Gasteiger partial charge in [-0.1, -0.05) is 0 Å². The number of methoxy groups -OCH3 is 1. The van der Waals surface area contributed by atoms with E-state index >= 15 is 0 Å². The Morgan fingerprint density at radius 2 is 2.13 bits per heavy atom. The summed E-state index contributed by atoms with van der Waals surface area (Å²) in [6.45, 7) is 0. The number of ether oxygens (including phenoxy) is 1.